The van der Waals surface area contributed by atoms with Gasteiger partial charge in [-0.2, -0.15) is 9.97 Å². The molecule has 0 atom stereocenters. The van der Waals surface area contributed by atoms with Crippen molar-refractivity contribution in [3.05, 3.63) is 265 Å². The summed E-state index contributed by atoms with van der Waals surface area (Å²) in [4.78, 5) is 16.0. The van der Waals surface area contributed by atoms with Crippen molar-refractivity contribution in [3.63, 3.8) is 0 Å². The van der Waals surface area contributed by atoms with E-state index in [1.807, 2.05) is 12.1 Å². The zero-order valence-electron chi connectivity index (χ0n) is 36.9. The van der Waals surface area contributed by atoms with Crippen molar-refractivity contribution in [2.24, 2.45) is 0 Å². The average molecular weight is 865 g/mol. The van der Waals surface area contributed by atoms with E-state index in [0.717, 1.165) is 60.8 Å². The van der Waals surface area contributed by atoms with Gasteiger partial charge in [-0.15, -0.1) is 0 Å². The molecule has 12 aromatic rings. The zero-order valence-corrected chi connectivity index (χ0v) is 36.9. The lowest BCUT2D eigenvalue weighted by molar-refractivity contribution is 0.796. The molecular formula is C64H40N4. The Kier molecular flexibility index (Phi) is 8.46. The summed E-state index contributed by atoms with van der Waals surface area (Å²) in [5.41, 5.74) is 20.8. The van der Waals surface area contributed by atoms with Gasteiger partial charge in [0, 0.05) is 21.9 Å². The van der Waals surface area contributed by atoms with Gasteiger partial charge in [-0.3, -0.25) is 4.57 Å². The van der Waals surface area contributed by atoms with Gasteiger partial charge in [-0.1, -0.05) is 231 Å². The number of aromatic nitrogens is 4. The van der Waals surface area contributed by atoms with Crippen LogP contribution in [0.3, 0.4) is 0 Å². The van der Waals surface area contributed by atoms with E-state index in [2.05, 4.69) is 235 Å². The molecule has 0 aliphatic heterocycles. The Labute approximate surface area is 394 Å². The Morgan fingerprint density at radius 1 is 0.279 bits per heavy atom. The summed E-state index contributed by atoms with van der Waals surface area (Å²) in [7, 11) is 0. The average Bonchev–Trinajstić information content (AvgIpc) is 4.03. The quantitative estimate of drug-likeness (QED) is 0.167. The maximum atomic E-state index is 5.38. The fraction of sp³-hybridized carbons (Fsp3) is 0.0156. The molecule has 2 aliphatic carbocycles. The first-order valence-corrected chi connectivity index (χ1v) is 23.3. The largest absolute Gasteiger partial charge is 0.278 e. The summed E-state index contributed by atoms with van der Waals surface area (Å²) in [6, 6.07) is 87.5. The first-order valence-electron chi connectivity index (χ1n) is 23.3. The summed E-state index contributed by atoms with van der Waals surface area (Å²) in [5, 5.41) is 2.27. The molecule has 2 aliphatic rings. The number of fused-ring (bicyclic) bond motifs is 13. The van der Waals surface area contributed by atoms with Crippen molar-refractivity contribution < 1.29 is 0 Å². The van der Waals surface area contributed by atoms with Gasteiger partial charge in [0.25, 0.3) is 0 Å². The van der Waals surface area contributed by atoms with Crippen LogP contribution in [0.15, 0.2) is 243 Å². The van der Waals surface area contributed by atoms with Crippen LogP contribution in [0.2, 0.25) is 0 Å². The Morgan fingerprint density at radius 2 is 0.691 bits per heavy atom. The number of benzene rings is 10. The summed E-state index contributed by atoms with van der Waals surface area (Å²) < 4.78 is 2.24. The Balaban J connectivity index is 0.993. The van der Waals surface area contributed by atoms with Crippen LogP contribution in [0, 0.1) is 0 Å². The Bertz CT molecular complexity index is 3780. The van der Waals surface area contributed by atoms with E-state index in [1.54, 1.807) is 0 Å². The van der Waals surface area contributed by atoms with Gasteiger partial charge in [0.05, 0.1) is 16.4 Å². The van der Waals surface area contributed by atoms with Crippen LogP contribution < -0.4 is 0 Å². The predicted octanol–water partition coefficient (Wildman–Crippen LogP) is 15.6. The third-order valence-electron chi connectivity index (χ3n) is 14.3. The van der Waals surface area contributed by atoms with Crippen LogP contribution in [0.25, 0.3) is 106 Å². The van der Waals surface area contributed by atoms with Crippen LogP contribution in [0.5, 0.6) is 0 Å². The highest BCUT2D eigenvalue weighted by Gasteiger charge is 2.52. The smallest absolute Gasteiger partial charge is 0.238 e. The van der Waals surface area contributed by atoms with Crippen LogP contribution >= 0.6 is 0 Å². The van der Waals surface area contributed by atoms with E-state index < -0.39 is 5.41 Å². The minimum Gasteiger partial charge on any atom is -0.278 e. The summed E-state index contributed by atoms with van der Waals surface area (Å²) in [6.45, 7) is 0. The van der Waals surface area contributed by atoms with Gasteiger partial charge in [-0.05, 0) is 90.0 Å². The predicted molar refractivity (Wildman–Crippen MR) is 278 cm³/mol. The summed E-state index contributed by atoms with van der Waals surface area (Å²) in [6.07, 6.45) is 0. The number of para-hydroxylation sites is 1. The van der Waals surface area contributed by atoms with Gasteiger partial charge in [0.2, 0.25) is 5.95 Å². The van der Waals surface area contributed by atoms with Crippen molar-refractivity contribution in [3.8, 4) is 84.4 Å². The molecule has 0 fully saturated rings. The molecule has 4 nitrogen and oxygen atoms in total. The lowest BCUT2D eigenvalue weighted by atomic mass is 9.68. The molecule has 1 spiro atoms. The molecule has 0 saturated heterocycles. The van der Waals surface area contributed by atoms with Crippen molar-refractivity contribution in [2.45, 2.75) is 5.41 Å². The van der Waals surface area contributed by atoms with Gasteiger partial charge >= 0.3 is 0 Å². The van der Waals surface area contributed by atoms with Crippen molar-refractivity contribution >= 4 is 21.8 Å². The standard InChI is InChI=1S/C64H40N4/c1-3-16-41(17-4-1)43-30-34-45(35-31-43)61-65-62(46-36-32-44(33-37-46)42-18-5-2-6-19-42)67-63(66-61)68-58-29-14-10-23-52(58)53-39-38-47(40-59(53)68)48-24-15-25-54-51-22-9-13-28-57(51)64(60(48)54)55-26-11-7-20-49(55)50-21-8-12-27-56(50)64/h1-40H. The molecule has 0 amide bonds. The van der Waals surface area contributed by atoms with Gasteiger partial charge in [-0.25, -0.2) is 4.98 Å². The molecule has 2 heterocycles. The highest BCUT2D eigenvalue weighted by molar-refractivity contribution is 6.10. The second kappa shape index (κ2) is 15.0. The molecule has 0 radical (unpaired) electrons. The van der Waals surface area contributed by atoms with Gasteiger partial charge in [0.1, 0.15) is 0 Å². The SMILES string of the molecule is c1ccc(-c2ccc(-c3nc(-c4ccc(-c5ccccc5)cc4)nc(-n4c5ccccc5c5ccc(-c6cccc7c6C6(c8ccccc8-c8ccccc86)c6ccccc6-7)cc54)n3)cc2)cc1. The lowest BCUT2D eigenvalue weighted by Gasteiger charge is -2.32. The van der Waals surface area contributed by atoms with E-state index >= 15 is 0 Å². The van der Waals surface area contributed by atoms with E-state index in [0.29, 0.717) is 17.6 Å². The fourth-order valence-electron chi connectivity index (χ4n) is 11.4. The number of hydrogen-bond donors (Lipinski definition) is 0. The molecule has 0 saturated carbocycles. The minimum atomic E-state index is -0.485. The molecule has 0 unspecified atom stereocenters. The Hall–Kier alpha value is -8.99. The van der Waals surface area contributed by atoms with Crippen LogP contribution in [0.4, 0.5) is 0 Å². The molecule has 0 bridgehead atoms. The minimum absolute atomic E-state index is 0.485. The van der Waals surface area contributed by atoms with E-state index in [4.69, 9.17) is 15.0 Å². The van der Waals surface area contributed by atoms with Crippen molar-refractivity contribution in [2.75, 3.05) is 0 Å². The highest BCUT2D eigenvalue weighted by Crippen LogP contribution is 2.64. The molecular weight excluding hydrogens is 825 g/mol. The molecule has 2 aromatic heterocycles. The van der Waals surface area contributed by atoms with Crippen molar-refractivity contribution in [1.29, 1.82) is 0 Å². The van der Waals surface area contributed by atoms with Crippen LogP contribution in [-0.4, -0.2) is 19.5 Å². The normalized spacial score (nSPS) is 12.8. The van der Waals surface area contributed by atoms with Gasteiger partial charge < -0.3 is 0 Å². The fourth-order valence-corrected chi connectivity index (χ4v) is 11.4. The van der Waals surface area contributed by atoms with Crippen LogP contribution in [0.1, 0.15) is 22.3 Å². The van der Waals surface area contributed by atoms with E-state index in [9.17, 15) is 0 Å². The van der Waals surface area contributed by atoms with Crippen LogP contribution in [-0.2, 0) is 5.41 Å². The first-order chi connectivity index (χ1) is 33.7. The van der Waals surface area contributed by atoms with Gasteiger partial charge in [0.15, 0.2) is 11.6 Å². The number of rotatable bonds is 6. The Morgan fingerprint density at radius 3 is 1.26 bits per heavy atom. The third kappa shape index (κ3) is 5.64. The zero-order chi connectivity index (χ0) is 44.8. The molecule has 68 heavy (non-hydrogen) atoms. The maximum Gasteiger partial charge on any atom is 0.238 e. The monoisotopic (exact) mass is 864 g/mol. The number of nitrogens with zero attached hydrogens (tertiary/aromatic N) is 4. The topological polar surface area (TPSA) is 43.6 Å². The molecule has 10 aromatic carbocycles. The third-order valence-corrected chi connectivity index (χ3v) is 14.3. The summed E-state index contributed by atoms with van der Waals surface area (Å²) >= 11 is 0. The molecule has 14 rings (SSSR count). The second-order valence-corrected chi connectivity index (χ2v) is 17.9. The lowest BCUT2D eigenvalue weighted by Crippen LogP contribution is -2.26. The van der Waals surface area contributed by atoms with E-state index in [-0.39, 0.29) is 0 Å². The maximum absolute atomic E-state index is 5.38. The van der Waals surface area contributed by atoms with E-state index in [1.165, 1.54) is 50.1 Å². The first kappa shape index (κ1) is 38.3. The summed E-state index contributed by atoms with van der Waals surface area (Å²) in [5.74, 6) is 1.78. The highest BCUT2D eigenvalue weighted by atomic mass is 15.2. The molecule has 4 heteroatoms. The second-order valence-electron chi connectivity index (χ2n) is 17.9. The van der Waals surface area contributed by atoms with Crippen molar-refractivity contribution in [1.82, 2.24) is 19.5 Å². The molecule has 0 N–H and O–H groups in total. The molecule has 316 valence electrons. The number of hydrogen-bond acceptors (Lipinski definition) is 3.